The summed E-state index contributed by atoms with van der Waals surface area (Å²) in [6.45, 7) is -0.772. The number of halogens is 2. The van der Waals surface area contributed by atoms with E-state index in [2.05, 4.69) is 9.97 Å². The molecule has 2 rings (SSSR count). The Kier molecular flexibility index (Phi) is 3.90. The zero-order valence-electron chi connectivity index (χ0n) is 9.77. The maximum Gasteiger partial charge on any atom is 0.255 e. The van der Waals surface area contributed by atoms with Gasteiger partial charge >= 0.3 is 0 Å². The topological polar surface area (TPSA) is 69.2 Å². The van der Waals surface area contributed by atoms with Gasteiger partial charge in [-0.25, -0.2) is 13.8 Å². The molecule has 5 nitrogen and oxygen atoms in total. The van der Waals surface area contributed by atoms with Gasteiger partial charge in [0.1, 0.15) is 11.6 Å². The van der Waals surface area contributed by atoms with Crippen LogP contribution in [0.2, 0.25) is 0 Å². The maximum atomic E-state index is 12.4. The number of aromatic nitrogens is 2. The van der Waals surface area contributed by atoms with Crippen LogP contribution in [0, 0.1) is 0 Å². The zero-order chi connectivity index (χ0) is 13.1. The first-order valence-corrected chi connectivity index (χ1v) is 5.85. The van der Waals surface area contributed by atoms with Gasteiger partial charge in [0.2, 0.25) is 0 Å². The van der Waals surface area contributed by atoms with Gasteiger partial charge in [-0.05, 0) is 12.8 Å². The molecule has 1 aromatic heterocycles. The van der Waals surface area contributed by atoms with Crippen molar-refractivity contribution in [2.75, 3.05) is 24.6 Å². The number of aliphatic hydroxyl groups is 1. The predicted molar refractivity (Wildman–Crippen MR) is 62.1 cm³/mol. The Bertz CT molecular complexity index is 460. The minimum atomic E-state index is -2.54. The highest BCUT2D eigenvalue weighted by Gasteiger charge is 2.27. The van der Waals surface area contributed by atoms with E-state index < -0.39 is 13.0 Å². The minimum Gasteiger partial charge on any atom is -0.395 e. The van der Waals surface area contributed by atoms with Crippen molar-refractivity contribution in [2.24, 2.45) is 0 Å². The summed E-state index contributed by atoms with van der Waals surface area (Å²) in [7, 11) is 0. The first kappa shape index (κ1) is 12.9. The van der Waals surface area contributed by atoms with Crippen molar-refractivity contribution >= 4 is 5.82 Å². The molecule has 1 aromatic rings. The van der Waals surface area contributed by atoms with Crippen LogP contribution >= 0.6 is 0 Å². The number of hydrogen-bond acceptors (Lipinski definition) is 4. The number of nitrogens with one attached hydrogen (secondary N) is 1. The molecule has 0 saturated heterocycles. The second-order valence-corrected chi connectivity index (χ2v) is 4.32. The average molecular weight is 259 g/mol. The van der Waals surface area contributed by atoms with E-state index in [1.165, 1.54) is 11.0 Å². The van der Waals surface area contributed by atoms with Crippen molar-refractivity contribution in [1.82, 2.24) is 9.97 Å². The van der Waals surface area contributed by atoms with E-state index in [4.69, 9.17) is 5.11 Å². The Hall–Kier alpha value is -1.50. The van der Waals surface area contributed by atoms with Crippen molar-refractivity contribution in [3.8, 4) is 0 Å². The number of hydrogen-bond donors (Lipinski definition) is 2. The normalized spacial score (nSPS) is 15.1. The highest BCUT2D eigenvalue weighted by atomic mass is 19.3. The van der Waals surface area contributed by atoms with Crippen LogP contribution in [-0.4, -0.2) is 41.2 Å². The highest BCUT2D eigenvalue weighted by molar-refractivity contribution is 5.38. The predicted octanol–water partition coefficient (Wildman–Crippen LogP) is 0.711. The third-order valence-corrected chi connectivity index (χ3v) is 2.76. The molecule has 1 heterocycles. The Morgan fingerprint density at radius 1 is 1.56 bits per heavy atom. The van der Waals surface area contributed by atoms with Gasteiger partial charge in [-0.3, -0.25) is 4.79 Å². The van der Waals surface area contributed by atoms with E-state index >= 15 is 0 Å². The summed E-state index contributed by atoms with van der Waals surface area (Å²) < 4.78 is 24.9. The Morgan fingerprint density at radius 3 is 2.83 bits per heavy atom. The van der Waals surface area contributed by atoms with E-state index in [-0.39, 0.29) is 30.4 Å². The summed E-state index contributed by atoms with van der Waals surface area (Å²) in [5, 5.41) is 8.87. The van der Waals surface area contributed by atoms with Gasteiger partial charge in [-0.2, -0.15) is 0 Å². The van der Waals surface area contributed by atoms with Crippen LogP contribution in [0.15, 0.2) is 10.9 Å². The third-order valence-electron chi connectivity index (χ3n) is 2.76. The summed E-state index contributed by atoms with van der Waals surface area (Å²) in [6, 6.07) is 1.18. The Morgan fingerprint density at radius 2 is 2.28 bits per heavy atom. The fourth-order valence-electron chi connectivity index (χ4n) is 1.76. The Labute approximate surface area is 102 Å². The van der Waals surface area contributed by atoms with Crippen molar-refractivity contribution in [3.05, 3.63) is 22.2 Å². The fraction of sp³-hybridized carbons (Fsp3) is 0.636. The molecule has 2 N–H and O–H groups in total. The van der Waals surface area contributed by atoms with Gasteiger partial charge in [0.15, 0.2) is 0 Å². The second-order valence-electron chi connectivity index (χ2n) is 4.32. The summed E-state index contributed by atoms with van der Waals surface area (Å²) >= 11 is 0. The maximum absolute atomic E-state index is 12.4. The lowest BCUT2D eigenvalue weighted by molar-refractivity contribution is 0.152. The molecule has 1 aliphatic carbocycles. The molecule has 0 amide bonds. The summed E-state index contributed by atoms with van der Waals surface area (Å²) in [5.41, 5.74) is -0.348. The van der Waals surface area contributed by atoms with Gasteiger partial charge in [-0.15, -0.1) is 0 Å². The van der Waals surface area contributed by atoms with Crippen molar-refractivity contribution in [1.29, 1.82) is 0 Å². The van der Waals surface area contributed by atoms with Crippen LogP contribution in [0.5, 0.6) is 0 Å². The summed E-state index contributed by atoms with van der Waals surface area (Å²) in [4.78, 5) is 19.5. The number of anilines is 1. The van der Waals surface area contributed by atoms with Gasteiger partial charge < -0.3 is 15.0 Å². The highest BCUT2D eigenvalue weighted by Crippen LogP contribution is 2.37. The quantitative estimate of drug-likeness (QED) is 0.789. The number of aliphatic hydroxyl groups excluding tert-OH is 1. The molecule has 0 aliphatic heterocycles. The van der Waals surface area contributed by atoms with E-state index in [1.807, 2.05) is 0 Å². The summed E-state index contributed by atoms with van der Waals surface area (Å²) in [6.07, 6.45) is -0.621. The molecule has 0 spiro atoms. The van der Waals surface area contributed by atoms with Crippen LogP contribution in [0.4, 0.5) is 14.6 Å². The molecular weight excluding hydrogens is 244 g/mol. The fourth-order valence-corrected chi connectivity index (χ4v) is 1.76. The lowest BCUT2D eigenvalue weighted by Gasteiger charge is -2.22. The van der Waals surface area contributed by atoms with Gasteiger partial charge in [0, 0.05) is 18.5 Å². The molecule has 1 fully saturated rings. The van der Waals surface area contributed by atoms with Crippen molar-refractivity contribution in [3.63, 3.8) is 0 Å². The van der Waals surface area contributed by atoms with Crippen LogP contribution in [-0.2, 0) is 0 Å². The average Bonchev–Trinajstić information content (AvgIpc) is 3.10. The molecule has 7 heteroatoms. The van der Waals surface area contributed by atoms with Crippen LogP contribution < -0.4 is 10.5 Å². The van der Waals surface area contributed by atoms with E-state index in [1.54, 1.807) is 0 Å². The first-order valence-electron chi connectivity index (χ1n) is 5.85. The molecule has 0 unspecified atom stereocenters. The van der Waals surface area contributed by atoms with Crippen molar-refractivity contribution in [2.45, 2.75) is 25.2 Å². The number of alkyl halides is 2. The van der Waals surface area contributed by atoms with E-state index in [9.17, 15) is 13.6 Å². The molecule has 1 saturated carbocycles. The zero-order valence-corrected chi connectivity index (χ0v) is 9.77. The lowest BCUT2D eigenvalue weighted by Crippen LogP contribution is -2.33. The molecule has 0 bridgehead atoms. The molecule has 0 atom stereocenters. The monoisotopic (exact) mass is 259 g/mol. The summed E-state index contributed by atoms with van der Waals surface area (Å²) in [5.74, 6) is 0.991. The van der Waals surface area contributed by atoms with Gasteiger partial charge in [-0.1, -0.05) is 0 Å². The van der Waals surface area contributed by atoms with E-state index in [0.717, 1.165) is 12.8 Å². The number of H-pyrrole nitrogens is 1. The lowest BCUT2D eigenvalue weighted by atomic mass is 10.3. The molecule has 100 valence electrons. The second kappa shape index (κ2) is 5.43. The first-order chi connectivity index (χ1) is 8.60. The van der Waals surface area contributed by atoms with Crippen LogP contribution in [0.1, 0.15) is 24.6 Å². The van der Waals surface area contributed by atoms with Crippen molar-refractivity contribution < 1.29 is 13.9 Å². The number of aromatic amines is 1. The molecule has 0 aromatic carbocycles. The molecule has 18 heavy (non-hydrogen) atoms. The molecule has 1 aliphatic rings. The van der Waals surface area contributed by atoms with Crippen LogP contribution in [0.25, 0.3) is 0 Å². The van der Waals surface area contributed by atoms with Crippen LogP contribution in [0.3, 0.4) is 0 Å². The van der Waals surface area contributed by atoms with Gasteiger partial charge in [0.25, 0.3) is 12.0 Å². The Balaban J connectivity index is 2.24. The van der Waals surface area contributed by atoms with Gasteiger partial charge in [0.05, 0.1) is 13.2 Å². The number of nitrogens with zero attached hydrogens (tertiary/aromatic N) is 2. The standard InChI is InChI=1S/C11H15F2N3O2/c12-8(13)6-16(3-4-17)9-5-10(18)15-11(14-9)7-1-2-7/h5,7-8,17H,1-4,6H2,(H,14,15,18). The van der Waals surface area contributed by atoms with E-state index in [0.29, 0.717) is 5.82 Å². The molecular formula is C11H15F2N3O2. The minimum absolute atomic E-state index is 0.0326. The smallest absolute Gasteiger partial charge is 0.255 e. The number of rotatable bonds is 6. The molecule has 0 radical (unpaired) electrons. The SMILES string of the molecule is O=c1cc(N(CCO)CC(F)F)nc(C2CC2)[nH]1. The third kappa shape index (κ3) is 3.25. The largest absolute Gasteiger partial charge is 0.395 e.